The molecule has 2 unspecified atom stereocenters. The molecule has 4 rings (SSSR count). The lowest BCUT2D eigenvalue weighted by Gasteiger charge is -2.34. The monoisotopic (exact) mass is 331 g/mol. The van der Waals surface area contributed by atoms with Gasteiger partial charge in [-0.3, -0.25) is 4.68 Å². The van der Waals surface area contributed by atoms with Crippen molar-refractivity contribution in [2.75, 3.05) is 31.3 Å². The maximum atomic E-state index is 5.80. The number of anilines is 1. The maximum Gasteiger partial charge on any atom is 0.150 e. The SMILES string of the molecule is CC1COCCN1c1cc(-c2ccn(C3CCCCO3)n2)nn1C. The van der Waals surface area contributed by atoms with E-state index in [4.69, 9.17) is 14.6 Å². The molecule has 0 amide bonds. The molecule has 7 heteroatoms. The Morgan fingerprint density at radius 2 is 2.08 bits per heavy atom. The molecule has 2 aliphatic heterocycles. The maximum absolute atomic E-state index is 5.80. The Labute approximate surface area is 142 Å². The molecule has 130 valence electrons. The molecule has 2 aliphatic rings. The van der Waals surface area contributed by atoms with Crippen LogP contribution in [0.5, 0.6) is 0 Å². The zero-order valence-electron chi connectivity index (χ0n) is 14.4. The van der Waals surface area contributed by atoms with Gasteiger partial charge in [0.25, 0.3) is 0 Å². The summed E-state index contributed by atoms with van der Waals surface area (Å²) in [5.41, 5.74) is 1.80. The highest BCUT2D eigenvalue weighted by Crippen LogP contribution is 2.27. The number of ether oxygens (including phenoxy) is 2. The minimum atomic E-state index is 0.0648. The summed E-state index contributed by atoms with van der Waals surface area (Å²) in [7, 11) is 1.99. The Kier molecular flexibility index (Phi) is 4.28. The Hall–Kier alpha value is -1.86. The second kappa shape index (κ2) is 6.57. The van der Waals surface area contributed by atoms with E-state index in [1.807, 2.05) is 28.7 Å². The lowest BCUT2D eigenvalue weighted by atomic mass is 10.2. The molecular weight excluding hydrogens is 306 g/mol. The van der Waals surface area contributed by atoms with Crippen molar-refractivity contribution in [3.63, 3.8) is 0 Å². The highest BCUT2D eigenvalue weighted by molar-refractivity contribution is 5.60. The summed E-state index contributed by atoms with van der Waals surface area (Å²) in [6, 6.07) is 4.50. The van der Waals surface area contributed by atoms with Gasteiger partial charge in [0.15, 0.2) is 0 Å². The Bertz CT molecular complexity index is 689. The van der Waals surface area contributed by atoms with Crippen LogP contribution in [-0.4, -0.2) is 52.0 Å². The Morgan fingerprint density at radius 3 is 2.88 bits per heavy atom. The second-order valence-electron chi connectivity index (χ2n) is 6.63. The van der Waals surface area contributed by atoms with E-state index in [2.05, 4.69) is 23.0 Å². The van der Waals surface area contributed by atoms with Crippen LogP contribution < -0.4 is 4.90 Å². The third kappa shape index (κ3) is 2.93. The van der Waals surface area contributed by atoms with Gasteiger partial charge in [-0.2, -0.15) is 10.2 Å². The molecule has 0 spiro atoms. The summed E-state index contributed by atoms with van der Waals surface area (Å²) in [5.74, 6) is 1.12. The fourth-order valence-electron chi connectivity index (χ4n) is 3.49. The van der Waals surface area contributed by atoms with Crippen molar-refractivity contribution < 1.29 is 9.47 Å². The summed E-state index contributed by atoms with van der Waals surface area (Å²) in [6.07, 6.45) is 5.43. The molecule has 7 nitrogen and oxygen atoms in total. The van der Waals surface area contributed by atoms with Crippen LogP contribution in [0, 0.1) is 0 Å². The van der Waals surface area contributed by atoms with Crippen LogP contribution in [-0.2, 0) is 16.5 Å². The van der Waals surface area contributed by atoms with Crippen molar-refractivity contribution >= 4 is 5.82 Å². The summed E-state index contributed by atoms with van der Waals surface area (Å²) < 4.78 is 15.2. The predicted molar refractivity (Wildman–Crippen MR) is 90.9 cm³/mol. The van der Waals surface area contributed by atoms with Gasteiger partial charge in [-0.1, -0.05) is 0 Å². The third-order valence-corrected chi connectivity index (χ3v) is 4.84. The minimum absolute atomic E-state index is 0.0648. The van der Waals surface area contributed by atoms with Crippen LogP contribution in [0.1, 0.15) is 32.4 Å². The van der Waals surface area contributed by atoms with E-state index in [1.165, 1.54) is 6.42 Å². The average molecular weight is 331 g/mol. The normalized spacial score (nSPS) is 25.2. The first-order chi connectivity index (χ1) is 11.7. The van der Waals surface area contributed by atoms with Gasteiger partial charge >= 0.3 is 0 Å². The molecule has 2 saturated heterocycles. The molecule has 24 heavy (non-hydrogen) atoms. The first-order valence-electron chi connectivity index (χ1n) is 8.78. The third-order valence-electron chi connectivity index (χ3n) is 4.84. The number of nitrogens with zero attached hydrogens (tertiary/aromatic N) is 5. The van der Waals surface area contributed by atoms with Gasteiger partial charge in [0.1, 0.15) is 23.4 Å². The summed E-state index contributed by atoms with van der Waals surface area (Å²) in [4.78, 5) is 2.35. The molecule has 0 radical (unpaired) electrons. The number of morpholine rings is 1. The highest BCUT2D eigenvalue weighted by atomic mass is 16.5. The topological polar surface area (TPSA) is 57.3 Å². The van der Waals surface area contributed by atoms with Crippen LogP contribution in [0.2, 0.25) is 0 Å². The van der Waals surface area contributed by atoms with E-state index in [1.54, 1.807) is 0 Å². The van der Waals surface area contributed by atoms with E-state index < -0.39 is 0 Å². The average Bonchev–Trinajstić information content (AvgIpc) is 3.23. The fourth-order valence-corrected chi connectivity index (χ4v) is 3.49. The molecule has 0 aliphatic carbocycles. The van der Waals surface area contributed by atoms with Gasteiger partial charge in [0.05, 0.1) is 19.3 Å². The largest absolute Gasteiger partial charge is 0.377 e. The van der Waals surface area contributed by atoms with Crippen LogP contribution in [0.25, 0.3) is 11.4 Å². The number of hydrogen-bond donors (Lipinski definition) is 0. The zero-order chi connectivity index (χ0) is 16.5. The van der Waals surface area contributed by atoms with Crippen molar-refractivity contribution in [2.24, 2.45) is 7.05 Å². The summed E-state index contributed by atoms with van der Waals surface area (Å²) in [6.45, 7) is 5.42. The fraction of sp³-hybridized carbons (Fsp3) is 0.647. The molecule has 4 heterocycles. The van der Waals surface area contributed by atoms with Crippen LogP contribution >= 0.6 is 0 Å². The standard InChI is InChI=1S/C17H25N5O2/c1-13-12-23-10-8-21(13)16-11-15(18-20(16)2)14-6-7-22(19-14)17-5-3-4-9-24-17/h6-7,11,13,17H,3-5,8-10,12H2,1-2H3. The van der Waals surface area contributed by atoms with Gasteiger partial charge in [-0.15, -0.1) is 0 Å². The van der Waals surface area contributed by atoms with E-state index in [0.29, 0.717) is 6.04 Å². The summed E-state index contributed by atoms with van der Waals surface area (Å²) in [5, 5.41) is 9.36. The van der Waals surface area contributed by atoms with Gasteiger partial charge < -0.3 is 14.4 Å². The van der Waals surface area contributed by atoms with E-state index >= 15 is 0 Å². The lowest BCUT2D eigenvalue weighted by Crippen LogP contribution is -2.44. The van der Waals surface area contributed by atoms with Crippen LogP contribution in [0.4, 0.5) is 5.82 Å². The van der Waals surface area contributed by atoms with Crippen LogP contribution in [0.15, 0.2) is 18.3 Å². The molecule has 0 saturated carbocycles. The van der Waals surface area contributed by atoms with Gasteiger partial charge in [0.2, 0.25) is 0 Å². The molecule has 2 atom stereocenters. The molecule has 0 N–H and O–H groups in total. The van der Waals surface area contributed by atoms with E-state index in [-0.39, 0.29) is 6.23 Å². The molecule has 0 bridgehead atoms. The molecule has 2 aromatic rings. The van der Waals surface area contributed by atoms with Crippen molar-refractivity contribution in [1.29, 1.82) is 0 Å². The van der Waals surface area contributed by atoms with Crippen molar-refractivity contribution in [1.82, 2.24) is 19.6 Å². The van der Waals surface area contributed by atoms with Gasteiger partial charge in [0, 0.05) is 32.5 Å². The van der Waals surface area contributed by atoms with Gasteiger partial charge in [-0.05, 0) is 32.3 Å². The molecular formula is C17H25N5O2. The minimum Gasteiger partial charge on any atom is -0.377 e. The van der Waals surface area contributed by atoms with Crippen LogP contribution in [0.3, 0.4) is 0 Å². The Balaban J connectivity index is 1.56. The summed E-state index contributed by atoms with van der Waals surface area (Å²) >= 11 is 0. The smallest absolute Gasteiger partial charge is 0.150 e. The second-order valence-corrected chi connectivity index (χ2v) is 6.63. The molecule has 0 aromatic carbocycles. The number of aryl methyl sites for hydroxylation is 1. The molecule has 2 fully saturated rings. The van der Waals surface area contributed by atoms with Crippen molar-refractivity contribution in [3.8, 4) is 11.4 Å². The van der Waals surface area contributed by atoms with E-state index in [9.17, 15) is 0 Å². The first kappa shape index (κ1) is 15.7. The Morgan fingerprint density at radius 1 is 1.17 bits per heavy atom. The highest BCUT2D eigenvalue weighted by Gasteiger charge is 2.23. The molecule has 2 aromatic heterocycles. The van der Waals surface area contributed by atoms with E-state index in [0.717, 1.165) is 56.4 Å². The lowest BCUT2D eigenvalue weighted by molar-refractivity contribution is -0.0393. The number of aromatic nitrogens is 4. The first-order valence-corrected chi connectivity index (χ1v) is 8.78. The van der Waals surface area contributed by atoms with Crippen molar-refractivity contribution in [3.05, 3.63) is 18.3 Å². The van der Waals surface area contributed by atoms with Crippen molar-refractivity contribution in [2.45, 2.75) is 38.5 Å². The quantitative estimate of drug-likeness (QED) is 0.863. The number of rotatable bonds is 3. The zero-order valence-corrected chi connectivity index (χ0v) is 14.4. The predicted octanol–water partition coefficient (Wildman–Crippen LogP) is 2.21. The number of hydrogen-bond acceptors (Lipinski definition) is 5. The van der Waals surface area contributed by atoms with Gasteiger partial charge in [-0.25, -0.2) is 4.68 Å².